The molecular weight excluding hydrogens is 732 g/mol. The normalized spacial score (nSPS) is 17.6. The summed E-state index contributed by atoms with van der Waals surface area (Å²) in [6.07, 6.45) is 4.73. The minimum absolute atomic E-state index is 0.0809. The summed E-state index contributed by atoms with van der Waals surface area (Å²) >= 11 is 8.65. The zero-order chi connectivity index (χ0) is 40.1. The zero-order valence-corrected chi connectivity index (χ0v) is 36.6. The largest absolute Gasteiger partial charge is 0.310 e. The van der Waals surface area contributed by atoms with E-state index in [4.69, 9.17) is 11.6 Å². The highest BCUT2D eigenvalue weighted by Gasteiger charge is 2.39. The third kappa shape index (κ3) is 6.56. The molecule has 0 N–H and O–H groups in total. The maximum absolute atomic E-state index is 6.80. The third-order valence-corrected chi connectivity index (χ3v) is 14.8. The van der Waals surface area contributed by atoms with Crippen LogP contribution in [0.15, 0.2) is 121 Å². The van der Waals surface area contributed by atoms with Gasteiger partial charge in [0.05, 0.1) is 5.69 Å². The molecule has 2 aliphatic carbocycles. The van der Waals surface area contributed by atoms with Gasteiger partial charge in [-0.15, -0.1) is 11.3 Å². The molecule has 0 radical (unpaired) electrons. The second kappa shape index (κ2) is 13.5. The Hall–Kier alpha value is -4.57. The van der Waals surface area contributed by atoms with Gasteiger partial charge in [-0.25, -0.2) is 0 Å². The molecule has 2 nitrogen and oxygen atoms in total. The molecule has 0 bridgehead atoms. The average Bonchev–Trinajstić information content (AvgIpc) is 3.55. The number of thiophene rings is 1. The second-order valence-corrected chi connectivity index (χ2v) is 20.9. The molecular formula is C53H55ClN2S. The lowest BCUT2D eigenvalue weighted by molar-refractivity contribution is 0.332. The molecule has 2 aliphatic rings. The van der Waals surface area contributed by atoms with Gasteiger partial charge in [0.2, 0.25) is 0 Å². The van der Waals surface area contributed by atoms with Crippen LogP contribution in [0.1, 0.15) is 109 Å². The van der Waals surface area contributed by atoms with Crippen LogP contribution in [0.2, 0.25) is 5.02 Å². The smallest absolute Gasteiger partial charge is 0.0554 e. The molecule has 6 aromatic carbocycles. The highest BCUT2D eigenvalue weighted by molar-refractivity contribution is 7.26. The number of nitrogens with zero attached hydrogens (tertiary/aromatic N) is 2. The maximum Gasteiger partial charge on any atom is 0.0554 e. The Morgan fingerprint density at radius 3 is 1.56 bits per heavy atom. The molecule has 0 fully saturated rings. The van der Waals surface area contributed by atoms with Gasteiger partial charge in [-0.2, -0.15) is 0 Å². The minimum atomic E-state index is 0.0809. The molecule has 0 saturated carbocycles. The average molecular weight is 788 g/mol. The highest BCUT2D eigenvalue weighted by atomic mass is 35.5. The van der Waals surface area contributed by atoms with Crippen molar-refractivity contribution in [1.29, 1.82) is 0 Å². The Labute approximate surface area is 349 Å². The standard InChI is InChI=1S/C53H55ClN2S/c1-34-28-39(31-40(29-34)56(36-15-12-14-35(54)30-36)46-17-13-19-48-49(46)41-16-10-11-18-47(41)57-48)55(37-20-22-42-44(32-37)52(6,7)26-24-50(42,2)3)38-21-23-43-45(33-38)53(8,9)27-25-51(43,4)5/h10-23,28-33H,24-27H2,1-9H3. The van der Waals surface area contributed by atoms with Crippen molar-refractivity contribution in [1.82, 2.24) is 0 Å². The topological polar surface area (TPSA) is 6.48 Å². The van der Waals surface area contributed by atoms with Gasteiger partial charge in [0.25, 0.3) is 0 Å². The first kappa shape index (κ1) is 38.0. The van der Waals surface area contributed by atoms with Crippen LogP contribution in [0.5, 0.6) is 0 Å². The van der Waals surface area contributed by atoms with Crippen molar-refractivity contribution in [2.45, 2.75) is 110 Å². The highest BCUT2D eigenvalue weighted by Crippen LogP contribution is 2.52. The van der Waals surface area contributed by atoms with Crippen LogP contribution in [-0.4, -0.2) is 0 Å². The predicted molar refractivity (Wildman–Crippen MR) is 249 cm³/mol. The Morgan fingerprint density at radius 1 is 0.456 bits per heavy atom. The molecule has 1 heterocycles. The molecule has 0 saturated heterocycles. The second-order valence-electron chi connectivity index (χ2n) is 19.4. The van der Waals surface area contributed by atoms with E-state index in [-0.39, 0.29) is 21.7 Å². The van der Waals surface area contributed by atoms with E-state index in [1.54, 1.807) is 0 Å². The fraction of sp³-hybridized carbons (Fsp3) is 0.321. The van der Waals surface area contributed by atoms with E-state index >= 15 is 0 Å². The first-order valence-corrected chi connectivity index (χ1v) is 21.9. The Balaban J connectivity index is 1.30. The first-order chi connectivity index (χ1) is 27.0. The maximum atomic E-state index is 6.80. The van der Waals surface area contributed by atoms with Gasteiger partial charge >= 0.3 is 0 Å². The van der Waals surface area contributed by atoms with E-state index in [0.717, 1.165) is 22.7 Å². The number of rotatable bonds is 6. The summed E-state index contributed by atoms with van der Waals surface area (Å²) in [5.74, 6) is 0. The first-order valence-electron chi connectivity index (χ1n) is 20.7. The summed E-state index contributed by atoms with van der Waals surface area (Å²) in [5, 5.41) is 3.25. The summed E-state index contributed by atoms with van der Waals surface area (Å²) in [7, 11) is 0. The summed E-state index contributed by atoms with van der Waals surface area (Å²) < 4.78 is 2.56. The Kier molecular flexibility index (Phi) is 8.99. The van der Waals surface area contributed by atoms with Gasteiger partial charge in [0, 0.05) is 53.6 Å². The molecule has 0 atom stereocenters. The van der Waals surface area contributed by atoms with Crippen molar-refractivity contribution in [3.05, 3.63) is 154 Å². The van der Waals surface area contributed by atoms with Crippen molar-refractivity contribution < 1.29 is 0 Å². The number of hydrogen-bond acceptors (Lipinski definition) is 3. The third-order valence-electron chi connectivity index (χ3n) is 13.4. The molecule has 0 spiro atoms. The number of aryl methyl sites for hydroxylation is 1. The molecule has 0 unspecified atom stereocenters. The lowest BCUT2D eigenvalue weighted by atomic mass is 9.63. The van der Waals surface area contributed by atoms with Crippen molar-refractivity contribution in [3.8, 4) is 0 Å². The van der Waals surface area contributed by atoms with E-state index in [0.29, 0.717) is 5.02 Å². The van der Waals surface area contributed by atoms with Crippen LogP contribution in [0, 0.1) is 6.92 Å². The van der Waals surface area contributed by atoms with Crippen molar-refractivity contribution >= 4 is 77.2 Å². The van der Waals surface area contributed by atoms with Crippen LogP contribution in [-0.2, 0) is 21.7 Å². The van der Waals surface area contributed by atoms with Gasteiger partial charge < -0.3 is 9.80 Å². The van der Waals surface area contributed by atoms with E-state index in [2.05, 4.69) is 187 Å². The van der Waals surface area contributed by atoms with Gasteiger partial charge in [-0.1, -0.05) is 109 Å². The lowest BCUT2D eigenvalue weighted by Gasteiger charge is -2.43. The van der Waals surface area contributed by atoms with Crippen molar-refractivity contribution in [2.75, 3.05) is 9.80 Å². The summed E-state index contributed by atoms with van der Waals surface area (Å²) in [5.41, 5.74) is 14.3. The van der Waals surface area contributed by atoms with Crippen LogP contribution in [0.25, 0.3) is 20.2 Å². The fourth-order valence-corrected chi connectivity index (χ4v) is 11.2. The molecule has 0 aliphatic heterocycles. The summed E-state index contributed by atoms with van der Waals surface area (Å²) in [6.45, 7) is 21.6. The van der Waals surface area contributed by atoms with Gasteiger partial charge in [-0.3, -0.25) is 0 Å². The quantitative estimate of drug-likeness (QED) is 0.166. The molecule has 0 amide bonds. The number of benzene rings is 6. The van der Waals surface area contributed by atoms with Crippen molar-refractivity contribution in [2.24, 2.45) is 0 Å². The Bertz CT molecular complexity index is 2610. The fourth-order valence-electron chi connectivity index (χ4n) is 9.86. The number of fused-ring (bicyclic) bond motifs is 5. The molecule has 7 aromatic rings. The van der Waals surface area contributed by atoms with Crippen molar-refractivity contribution in [3.63, 3.8) is 0 Å². The molecule has 1 aromatic heterocycles. The number of hydrogen-bond donors (Lipinski definition) is 0. The molecule has 290 valence electrons. The van der Waals surface area contributed by atoms with E-state index < -0.39 is 0 Å². The SMILES string of the molecule is Cc1cc(N(c2ccc3c(c2)C(C)(C)CCC3(C)C)c2ccc3c(c2)C(C)(C)CCC3(C)C)cc(N(c2cccc(Cl)c2)c2cccc3sc4ccccc4c23)c1. The molecule has 57 heavy (non-hydrogen) atoms. The summed E-state index contributed by atoms with van der Waals surface area (Å²) in [4.78, 5) is 4.95. The van der Waals surface area contributed by atoms with Gasteiger partial charge in [0.15, 0.2) is 0 Å². The van der Waals surface area contributed by atoms with E-state index in [9.17, 15) is 0 Å². The van der Waals surface area contributed by atoms with Gasteiger partial charge in [-0.05, 0) is 161 Å². The van der Waals surface area contributed by atoms with Crippen LogP contribution in [0.4, 0.5) is 34.1 Å². The molecule has 4 heteroatoms. The number of anilines is 6. The zero-order valence-electron chi connectivity index (χ0n) is 35.1. The van der Waals surface area contributed by atoms with Gasteiger partial charge in [0.1, 0.15) is 0 Å². The summed E-state index contributed by atoms with van der Waals surface area (Å²) in [6, 6.07) is 45.5. The van der Waals surface area contributed by atoms with E-state index in [1.807, 2.05) is 17.4 Å². The van der Waals surface area contributed by atoms with Crippen LogP contribution >= 0.6 is 22.9 Å². The van der Waals surface area contributed by atoms with E-state index in [1.165, 1.54) is 85.0 Å². The molecule has 9 rings (SSSR count). The lowest BCUT2D eigenvalue weighted by Crippen LogP contribution is -2.34. The van der Waals surface area contributed by atoms with Crippen LogP contribution in [0.3, 0.4) is 0 Å². The van der Waals surface area contributed by atoms with Crippen LogP contribution < -0.4 is 9.80 Å². The number of halogens is 1. The monoisotopic (exact) mass is 786 g/mol. The minimum Gasteiger partial charge on any atom is -0.310 e. The Morgan fingerprint density at radius 2 is 0.965 bits per heavy atom. The predicted octanol–water partition coefficient (Wildman–Crippen LogP) is 16.7.